The molecular formula is C20H23N3O5. The lowest BCUT2D eigenvalue weighted by atomic mass is 10.3. The number of anilines is 1. The minimum atomic E-state index is -0.398. The lowest BCUT2D eigenvalue weighted by Crippen LogP contribution is -2.43. The Kier molecular flexibility index (Phi) is 6.31. The van der Waals surface area contributed by atoms with E-state index in [-0.39, 0.29) is 37.4 Å². The van der Waals surface area contributed by atoms with Gasteiger partial charge in [-0.25, -0.2) is 0 Å². The number of carbonyl (C=O) groups is 3. The van der Waals surface area contributed by atoms with Gasteiger partial charge in [0.25, 0.3) is 0 Å². The van der Waals surface area contributed by atoms with Crippen molar-refractivity contribution in [3.05, 3.63) is 48.4 Å². The summed E-state index contributed by atoms with van der Waals surface area (Å²) in [4.78, 5) is 38.1. The topological polar surface area (TPSA) is 101 Å². The van der Waals surface area contributed by atoms with Gasteiger partial charge in [-0.05, 0) is 49.2 Å². The lowest BCUT2D eigenvalue weighted by molar-refractivity contribution is -0.138. The van der Waals surface area contributed by atoms with E-state index in [4.69, 9.17) is 9.15 Å². The van der Waals surface area contributed by atoms with Crippen LogP contribution in [0.1, 0.15) is 18.6 Å². The van der Waals surface area contributed by atoms with Gasteiger partial charge in [-0.3, -0.25) is 14.4 Å². The zero-order valence-corrected chi connectivity index (χ0v) is 15.6. The van der Waals surface area contributed by atoms with Crippen LogP contribution in [-0.2, 0) is 20.9 Å². The molecule has 0 atom stereocenters. The number of hydrogen-bond donors (Lipinski definition) is 2. The number of carbonyl (C=O) groups excluding carboxylic acids is 3. The summed E-state index contributed by atoms with van der Waals surface area (Å²) in [5.41, 5.74) is 0.600. The van der Waals surface area contributed by atoms with E-state index in [1.807, 2.05) is 0 Å². The van der Waals surface area contributed by atoms with Crippen LogP contribution < -0.4 is 15.4 Å². The van der Waals surface area contributed by atoms with Crippen molar-refractivity contribution in [3.8, 4) is 5.75 Å². The number of methoxy groups -OCH3 is 1. The number of nitrogens with one attached hydrogen (secondary N) is 2. The summed E-state index contributed by atoms with van der Waals surface area (Å²) in [7, 11) is 1.56. The molecule has 0 spiro atoms. The summed E-state index contributed by atoms with van der Waals surface area (Å²) in [6, 6.07) is 10.4. The third kappa shape index (κ3) is 5.60. The Labute approximate surface area is 162 Å². The van der Waals surface area contributed by atoms with Crippen molar-refractivity contribution in [1.29, 1.82) is 0 Å². The number of ether oxygens (including phenoxy) is 1. The van der Waals surface area contributed by atoms with E-state index >= 15 is 0 Å². The highest BCUT2D eigenvalue weighted by Crippen LogP contribution is 2.31. The molecule has 1 aliphatic rings. The number of amides is 3. The van der Waals surface area contributed by atoms with Gasteiger partial charge in [-0.1, -0.05) is 0 Å². The van der Waals surface area contributed by atoms with Crippen LogP contribution in [0, 0.1) is 5.92 Å². The molecule has 2 N–H and O–H groups in total. The minimum absolute atomic E-state index is 0.0128. The van der Waals surface area contributed by atoms with Gasteiger partial charge in [-0.15, -0.1) is 0 Å². The molecule has 28 heavy (non-hydrogen) atoms. The molecule has 0 radical (unpaired) electrons. The fraction of sp³-hybridized carbons (Fsp3) is 0.350. The highest BCUT2D eigenvalue weighted by atomic mass is 16.5. The van der Waals surface area contributed by atoms with Crippen LogP contribution >= 0.6 is 0 Å². The van der Waals surface area contributed by atoms with E-state index < -0.39 is 5.91 Å². The summed E-state index contributed by atoms with van der Waals surface area (Å²) >= 11 is 0. The van der Waals surface area contributed by atoms with Crippen LogP contribution in [0.25, 0.3) is 0 Å². The third-order valence-corrected chi connectivity index (χ3v) is 4.32. The molecule has 3 amide bonds. The molecule has 1 aliphatic carbocycles. The van der Waals surface area contributed by atoms with Crippen molar-refractivity contribution in [2.24, 2.45) is 5.92 Å². The normalized spacial score (nSPS) is 12.9. The molecule has 3 rings (SSSR count). The van der Waals surface area contributed by atoms with Crippen molar-refractivity contribution in [1.82, 2.24) is 10.2 Å². The number of nitrogens with zero attached hydrogens (tertiary/aromatic N) is 1. The van der Waals surface area contributed by atoms with Gasteiger partial charge in [-0.2, -0.15) is 0 Å². The van der Waals surface area contributed by atoms with Crippen molar-refractivity contribution in [3.63, 3.8) is 0 Å². The minimum Gasteiger partial charge on any atom is -0.497 e. The van der Waals surface area contributed by atoms with Crippen LogP contribution in [0.3, 0.4) is 0 Å². The highest BCUT2D eigenvalue weighted by Gasteiger charge is 2.34. The number of hydrogen-bond acceptors (Lipinski definition) is 5. The summed E-state index contributed by atoms with van der Waals surface area (Å²) in [6.07, 6.45) is 3.22. The smallest absolute Gasteiger partial charge is 0.243 e. The standard InChI is InChI=1S/C20H23N3O5/c1-27-16-8-6-15(7-9-16)22-18(24)11-21-19(25)13-23(20(26)14-4-5-14)12-17-3-2-10-28-17/h2-3,6-10,14H,4-5,11-13H2,1H3,(H,21,25)(H,22,24). The summed E-state index contributed by atoms with van der Waals surface area (Å²) in [5.74, 6) is 0.466. The molecule has 1 aromatic carbocycles. The van der Waals surface area contributed by atoms with Crippen LogP contribution in [0.15, 0.2) is 47.1 Å². The second kappa shape index (κ2) is 9.07. The van der Waals surface area contributed by atoms with E-state index in [0.717, 1.165) is 12.8 Å². The SMILES string of the molecule is COc1ccc(NC(=O)CNC(=O)CN(Cc2ccco2)C(=O)C2CC2)cc1. The van der Waals surface area contributed by atoms with Crippen LogP contribution in [-0.4, -0.2) is 42.8 Å². The molecular weight excluding hydrogens is 362 g/mol. The Morgan fingerprint density at radius 2 is 1.89 bits per heavy atom. The molecule has 148 valence electrons. The van der Waals surface area contributed by atoms with E-state index in [9.17, 15) is 14.4 Å². The molecule has 1 saturated carbocycles. The first-order chi connectivity index (χ1) is 13.5. The molecule has 8 nitrogen and oxygen atoms in total. The Morgan fingerprint density at radius 1 is 1.14 bits per heavy atom. The second-order valence-corrected chi connectivity index (χ2v) is 6.60. The average Bonchev–Trinajstić information content (AvgIpc) is 3.43. The zero-order chi connectivity index (χ0) is 19.9. The maximum atomic E-state index is 12.4. The van der Waals surface area contributed by atoms with Crippen molar-refractivity contribution >= 4 is 23.4 Å². The lowest BCUT2D eigenvalue weighted by Gasteiger charge is -2.21. The van der Waals surface area contributed by atoms with Gasteiger partial charge >= 0.3 is 0 Å². The predicted molar refractivity (Wildman–Crippen MR) is 101 cm³/mol. The average molecular weight is 385 g/mol. The summed E-state index contributed by atoms with van der Waals surface area (Å²) in [5, 5.41) is 5.23. The second-order valence-electron chi connectivity index (χ2n) is 6.60. The first kappa shape index (κ1) is 19.5. The monoisotopic (exact) mass is 385 g/mol. The fourth-order valence-electron chi connectivity index (χ4n) is 2.68. The van der Waals surface area contributed by atoms with Crippen LogP contribution in [0.2, 0.25) is 0 Å². The Morgan fingerprint density at radius 3 is 2.50 bits per heavy atom. The van der Waals surface area contributed by atoms with E-state index in [0.29, 0.717) is 17.2 Å². The van der Waals surface area contributed by atoms with Crippen molar-refractivity contribution in [2.45, 2.75) is 19.4 Å². The molecule has 8 heteroatoms. The summed E-state index contributed by atoms with van der Waals surface area (Å²) in [6.45, 7) is -0.0727. The quantitative estimate of drug-likeness (QED) is 0.685. The van der Waals surface area contributed by atoms with E-state index in [1.165, 1.54) is 11.2 Å². The van der Waals surface area contributed by atoms with Crippen molar-refractivity contribution < 1.29 is 23.5 Å². The van der Waals surface area contributed by atoms with Crippen molar-refractivity contribution in [2.75, 3.05) is 25.5 Å². The Hall–Kier alpha value is -3.29. The highest BCUT2D eigenvalue weighted by molar-refractivity contribution is 5.95. The van der Waals surface area contributed by atoms with Crippen LogP contribution in [0.4, 0.5) is 5.69 Å². The maximum Gasteiger partial charge on any atom is 0.243 e. The van der Waals surface area contributed by atoms with Gasteiger partial charge < -0.3 is 24.7 Å². The van der Waals surface area contributed by atoms with E-state index in [2.05, 4.69) is 10.6 Å². The molecule has 0 aliphatic heterocycles. The Bertz CT molecular complexity index is 813. The molecule has 1 heterocycles. The zero-order valence-electron chi connectivity index (χ0n) is 15.6. The van der Waals surface area contributed by atoms with Gasteiger partial charge in [0.15, 0.2) is 0 Å². The van der Waals surface area contributed by atoms with Gasteiger partial charge in [0.2, 0.25) is 17.7 Å². The molecule has 0 saturated heterocycles. The molecule has 0 unspecified atom stereocenters. The molecule has 1 fully saturated rings. The maximum absolute atomic E-state index is 12.4. The molecule has 2 aromatic rings. The first-order valence-electron chi connectivity index (χ1n) is 9.07. The van der Waals surface area contributed by atoms with Gasteiger partial charge in [0.05, 0.1) is 26.5 Å². The van der Waals surface area contributed by atoms with E-state index in [1.54, 1.807) is 43.5 Å². The fourth-order valence-corrected chi connectivity index (χ4v) is 2.68. The van der Waals surface area contributed by atoms with Gasteiger partial charge in [0.1, 0.15) is 18.1 Å². The number of furan rings is 1. The number of rotatable bonds is 9. The Balaban J connectivity index is 1.47. The largest absolute Gasteiger partial charge is 0.497 e. The molecule has 1 aromatic heterocycles. The first-order valence-corrected chi connectivity index (χ1v) is 9.07. The third-order valence-electron chi connectivity index (χ3n) is 4.32. The predicted octanol–water partition coefficient (Wildman–Crippen LogP) is 1.78. The van der Waals surface area contributed by atoms with Gasteiger partial charge in [0, 0.05) is 11.6 Å². The molecule has 0 bridgehead atoms. The summed E-state index contributed by atoms with van der Waals surface area (Å²) < 4.78 is 10.3. The number of benzene rings is 1. The van der Waals surface area contributed by atoms with Crippen LogP contribution in [0.5, 0.6) is 5.75 Å².